The third-order valence-electron chi connectivity index (χ3n) is 4.02. The van der Waals surface area contributed by atoms with Crippen LogP contribution in [0.5, 0.6) is 0 Å². The van der Waals surface area contributed by atoms with Crippen LogP contribution < -0.4 is 16.2 Å². The van der Waals surface area contributed by atoms with E-state index >= 15 is 0 Å². The van der Waals surface area contributed by atoms with Crippen LogP contribution in [-0.4, -0.2) is 24.3 Å². The van der Waals surface area contributed by atoms with Gasteiger partial charge in [-0.2, -0.15) is 0 Å². The lowest BCUT2D eigenvalue weighted by molar-refractivity contribution is -0.126. The Morgan fingerprint density at radius 2 is 1.59 bits per heavy atom. The summed E-state index contributed by atoms with van der Waals surface area (Å²) in [7, 11) is 0. The molecule has 3 amide bonds. The first kappa shape index (κ1) is 18.2. The average Bonchev–Trinajstić information content (AvgIpc) is 3.02. The molecule has 0 bridgehead atoms. The van der Waals surface area contributed by atoms with E-state index < -0.39 is 11.8 Å². The first-order valence-electron chi connectivity index (χ1n) is 8.42. The summed E-state index contributed by atoms with van der Waals surface area (Å²) < 4.78 is 5.52. The van der Waals surface area contributed by atoms with E-state index in [0.29, 0.717) is 11.1 Å². The minimum atomic E-state index is -0.562. The van der Waals surface area contributed by atoms with Crippen molar-refractivity contribution >= 4 is 28.7 Å². The van der Waals surface area contributed by atoms with E-state index in [4.69, 9.17) is 4.42 Å². The Morgan fingerprint density at radius 3 is 2.33 bits per heavy atom. The number of rotatable bonds is 5. The Labute approximate surface area is 155 Å². The van der Waals surface area contributed by atoms with E-state index in [0.717, 1.165) is 10.9 Å². The highest BCUT2D eigenvalue weighted by atomic mass is 16.3. The third-order valence-corrected chi connectivity index (χ3v) is 4.02. The van der Waals surface area contributed by atoms with Crippen molar-refractivity contribution in [1.82, 2.24) is 16.2 Å². The molecule has 0 saturated carbocycles. The summed E-state index contributed by atoms with van der Waals surface area (Å²) in [6, 6.07) is 16.5. The van der Waals surface area contributed by atoms with Crippen molar-refractivity contribution in [3.8, 4) is 0 Å². The van der Waals surface area contributed by atoms with Gasteiger partial charge in [0.05, 0.1) is 13.0 Å². The molecule has 0 aliphatic rings. The Kier molecular flexibility index (Phi) is 5.51. The SMILES string of the molecule is Cc1c(C(=O)NNC(=O)CNC(=O)Cc2ccccc2)oc2ccccc12. The van der Waals surface area contributed by atoms with Crippen molar-refractivity contribution in [3.63, 3.8) is 0 Å². The lowest BCUT2D eigenvalue weighted by atomic mass is 10.1. The van der Waals surface area contributed by atoms with Gasteiger partial charge >= 0.3 is 5.91 Å². The van der Waals surface area contributed by atoms with Crippen LogP contribution in [0.3, 0.4) is 0 Å². The fourth-order valence-corrected chi connectivity index (χ4v) is 2.64. The highest BCUT2D eigenvalue weighted by Crippen LogP contribution is 2.24. The molecule has 0 aliphatic heterocycles. The van der Waals surface area contributed by atoms with Crippen LogP contribution in [0.4, 0.5) is 0 Å². The Bertz CT molecular complexity index is 979. The summed E-state index contributed by atoms with van der Waals surface area (Å²) in [5.74, 6) is -1.26. The molecule has 138 valence electrons. The molecule has 1 aromatic heterocycles. The zero-order valence-electron chi connectivity index (χ0n) is 14.7. The lowest BCUT2D eigenvalue weighted by Crippen LogP contribution is -2.46. The molecule has 7 nitrogen and oxygen atoms in total. The molecule has 3 rings (SSSR count). The first-order chi connectivity index (χ1) is 13.0. The molecule has 27 heavy (non-hydrogen) atoms. The maximum atomic E-state index is 12.2. The molecule has 0 aliphatic carbocycles. The van der Waals surface area contributed by atoms with Crippen molar-refractivity contribution in [2.75, 3.05) is 6.54 Å². The van der Waals surface area contributed by atoms with Gasteiger partial charge in [-0.25, -0.2) is 0 Å². The van der Waals surface area contributed by atoms with Crippen LogP contribution in [0.25, 0.3) is 11.0 Å². The van der Waals surface area contributed by atoms with Crippen LogP contribution in [-0.2, 0) is 16.0 Å². The quantitative estimate of drug-likeness (QED) is 0.601. The molecular formula is C20H19N3O4. The number of amides is 3. The number of para-hydroxylation sites is 1. The number of hydrazine groups is 1. The van der Waals surface area contributed by atoms with E-state index in [9.17, 15) is 14.4 Å². The van der Waals surface area contributed by atoms with Crippen LogP contribution >= 0.6 is 0 Å². The monoisotopic (exact) mass is 365 g/mol. The van der Waals surface area contributed by atoms with Gasteiger partial charge in [0, 0.05) is 10.9 Å². The predicted octanol–water partition coefficient (Wildman–Crippen LogP) is 1.86. The zero-order chi connectivity index (χ0) is 19.2. The van der Waals surface area contributed by atoms with E-state index in [-0.39, 0.29) is 24.6 Å². The molecule has 0 spiro atoms. The molecular weight excluding hydrogens is 346 g/mol. The zero-order valence-corrected chi connectivity index (χ0v) is 14.7. The molecule has 0 fully saturated rings. The number of hydrogen-bond donors (Lipinski definition) is 3. The van der Waals surface area contributed by atoms with Gasteiger partial charge in [-0.1, -0.05) is 48.5 Å². The molecule has 0 saturated heterocycles. The van der Waals surface area contributed by atoms with Gasteiger partial charge in [0.25, 0.3) is 5.91 Å². The van der Waals surface area contributed by atoms with Gasteiger partial charge in [0.1, 0.15) is 5.58 Å². The van der Waals surface area contributed by atoms with Crippen LogP contribution in [0.15, 0.2) is 59.0 Å². The number of hydrogen-bond acceptors (Lipinski definition) is 4. The molecule has 0 radical (unpaired) electrons. The van der Waals surface area contributed by atoms with Crippen molar-refractivity contribution in [3.05, 3.63) is 71.5 Å². The van der Waals surface area contributed by atoms with Crippen LogP contribution in [0.1, 0.15) is 21.7 Å². The standard InChI is InChI=1S/C20H19N3O4/c1-13-15-9-5-6-10-16(15)27-19(13)20(26)23-22-18(25)12-21-17(24)11-14-7-3-2-4-8-14/h2-10H,11-12H2,1H3,(H,21,24)(H,22,25)(H,23,26). The highest BCUT2D eigenvalue weighted by Gasteiger charge is 2.17. The first-order valence-corrected chi connectivity index (χ1v) is 8.42. The molecule has 1 heterocycles. The maximum absolute atomic E-state index is 12.2. The second-order valence-electron chi connectivity index (χ2n) is 5.99. The highest BCUT2D eigenvalue weighted by molar-refractivity contribution is 5.99. The van der Waals surface area contributed by atoms with E-state index in [1.165, 1.54) is 0 Å². The summed E-state index contributed by atoms with van der Waals surface area (Å²) >= 11 is 0. The molecule has 7 heteroatoms. The minimum absolute atomic E-state index is 0.129. The number of aryl methyl sites for hydroxylation is 1. The lowest BCUT2D eigenvalue weighted by Gasteiger charge is -2.08. The fraction of sp³-hybridized carbons (Fsp3) is 0.150. The Hall–Kier alpha value is -3.61. The van der Waals surface area contributed by atoms with Gasteiger partial charge in [-0.05, 0) is 18.6 Å². The van der Waals surface area contributed by atoms with Crippen molar-refractivity contribution in [1.29, 1.82) is 0 Å². The van der Waals surface area contributed by atoms with Crippen molar-refractivity contribution < 1.29 is 18.8 Å². The fourth-order valence-electron chi connectivity index (χ4n) is 2.64. The maximum Gasteiger partial charge on any atom is 0.305 e. The van der Waals surface area contributed by atoms with Gasteiger partial charge in [-0.15, -0.1) is 0 Å². The summed E-state index contributed by atoms with van der Waals surface area (Å²) in [4.78, 5) is 35.9. The smallest absolute Gasteiger partial charge is 0.305 e. The molecule has 3 aromatic rings. The average molecular weight is 365 g/mol. The van der Waals surface area contributed by atoms with Crippen molar-refractivity contribution in [2.24, 2.45) is 0 Å². The van der Waals surface area contributed by atoms with Gasteiger partial charge < -0.3 is 9.73 Å². The Balaban J connectivity index is 1.47. The summed E-state index contributed by atoms with van der Waals surface area (Å²) in [6.45, 7) is 1.53. The molecule has 0 atom stereocenters. The molecule has 0 unspecified atom stereocenters. The van der Waals surface area contributed by atoms with E-state index in [1.54, 1.807) is 13.0 Å². The van der Waals surface area contributed by atoms with Gasteiger partial charge in [0.2, 0.25) is 5.91 Å². The Morgan fingerprint density at radius 1 is 0.889 bits per heavy atom. The predicted molar refractivity (Wildman–Crippen MR) is 99.7 cm³/mol. The van der Waals surface area contributed by atoms with Crippen LogP contribution in [0, 0.1) is 6.92 Å². The second kappa shape index (κ2) is 8.18. The number of nitrogens with one attached hydrogen (secondary N) is 3. The summed E-state index contributed by atoms with van der Waals surface area (Å²) in [5, 5.41) is 3.34. The van der Waals surface area contributed by atoms with E-state index in [1.807, 2.05) is 48.5 Å². The summed E-state index contributed by atoms with van der Waals surface area (Å²) in [5.41, 5.74) is 6.69. The number of benzene rings is 2. The summed E-state index contributed by atoms with van der Waals surface area (Å²) in [6.07, 6.45) is 0.179. The number of furan rings is 1. The third kappa shape index (κ3) is 4.52. The van der Waals surface area contributed by atoms with Crippen molar-refractivity contribution in [2.45, 2.75) is 13.3 Å². The van der Waals surface area contributed by atoms with Crippen LogP contribution in [0.2, 0.25) is 0 Å². The number of fused-ring (bicyclic) bond motifs is 1. The largest absolute Gasteiger partial charge is 0.451 e. The van der Waals surface area contributed by atoms with Gasteiger partial charge in [-0.3, -0.25) is 25.2 Å². The normalized spacial score (nSPS) is 10.4. The molecule has 2 aromatic carbocycles. The number of carbonyl (C=O) groups is 3. The second-order valence-corrected chi connectivity index (χ2v) is 5.99. The molecule has 3 N–H and O–H groups in total. The van der Waals surface area contributed by atoms with Gasteiger partial charge in [0.15, 0.2) is 5.76 Å². The number of carbonyl (C=O) groups excluding carboxylic acids is 3. The topological polar surface area (TPSA) is 100 Å². The van der Waals surface area contributed by atoms with E-state index in [2.05, 4.69) is 16.2 Å². The minimum Gasteiger partial charge on any atom is -0.451 e.